The number of anilines is 3. The van der Waals surface area contributed by atoms with Gasteiger partial charge in [-0.2, -0.15) is 15.3 Å². The van der Waals surface area contributed by atoms with Crippen molar-refractivity contribution in [3.63, 3.8) is 0 Å². The Balaban J connectivity index is 0.000000129. The second kappa shape index (κ2) is 34.0. The first-order valence-electron chi connectivity index (χ1n) is 37.3. The summed E-state index contributed by atoms with van der Waals surface area (Å²) in [5.41, 5.74) is 11.9. The van der Waals surface area contributed by atoms with E-state index in [1.54, 1.807) is 87.3 Å². The molecule has 0 radical (unpaired) electrons. The number of ether oxygens (including phenoxy) is 4. The molecule has 4 N–H and O–H groups in total. The fraction of sp³-hybridized carbons (Fsp3) is 0.272. The van der Waals surface area contributed by atoms with Gasteiger partial charge in [-0.25, -0.2) is 41.7 Å². The minimum absolute atomic E-state index is 0.0286. The first-order chi connectivity index (χ1) is 56.0. The van der Waals surface area contributed by atoms with E-state index in [0.29, 0.717) is 125 Å². The third-order valence-corrected chi connectivity index (χ3v) is 20.3. The standard InChI is InChI=1S/C28H28FN7O3.C27H26FN7O3.C26H25FN8O2/c1-38-26(19-5-3-2-4-6-19)28(37)35-12-10-34(11-13-35)24-8-7-20(16-30-24)22-15-21(39-14-9-29)18-36-25(22)23-17-31-32-27(23)33-36;28-8-13-38-20-14-21(24-22-16-30-31-26(22)32-35(24)17-20)19-6-7-23(29-15-19)33-9-11-34(12-10-33)27(37)25(36)18-4-2-1-3-5-18;27-6-12-37-20-14-21(25-22-16-30-31-26(22)32-35(25)17-20)18-4-5-23(29-15-18)33-8-10-34(11-9-33)24(36)13-19-3-1-2-7-28-19/h2-8,15-18,26H,9-14H2,1H3,(H,32,33);1-7,14-17,25,36H,8-13H2,(H,31,32);1-5,7,14-17H,6,8-13H2,(H,31,32)/t26-;25-;/m11./s1. The summed E-state index contributed by atoms with van der Waals surface area (Å²) in [7, 11) is 1.56. The van der Waals surface area contributed by atoms with Gasteiger partial charge in [-0.15, -0.1) is 15.3 Å². The summed E-state index contributed by atoms with van der Waals surface area (Å²) in [6, 6.07) is 41.6. The lowest BCUT2D eigenvalue weighted by Gasteiger charge is -2.36. The molecular weight excluding hydrogens is 1470 g/mol. The van der Waals surface area contributed by atoms with Gasteiger partial charge in [0, 0.05) is 150 Å². The highest BCUT2D eigenvalue weighted by Crippen LogP contribution is 2.38. The number of hydrogen-bond acceptors (Lipinski definition) is 21. The number of methoxy groups -OCH3 is 1. The number of aliphatic hydroxyl groups excluding tert-OH is 1. The van der Waals surface area contributed by atoms with E-state index in [0.717, 1.165) is 94.8 Å². The van der Waals surface area contributed by atoms with E-state index in [9.17, 15) is 32.7 Å². The lowest BCUT2D eigenvalue weighted by atomic mass is 10.1. The fourth-order valence-corrected chi connectivity index (χ4v) is 14.6. The SMILES string of the molecule is CO[C@@H](C(=O)N1CCN(c2ccc(-c3cc(OCCF)cn4nc5[nH]ncc5c34)cn2)CC1)c1ccccc1.O=C(Cc1ccccn1)N1CCN(c2ccc(-c3cc(OCCF)cn4nc5[nH]ncc5c34)cn2)CC1.O=C([C@H](O)c1ccccc1)N1CCN(c2ccc(-c3cc(OCCF)cn4nc5[nH]ncc5c34)cn2)CC1. The fourth-order valence-electron chi connectivity index (χ4n) is 14.6. The van der Waals surface area contributed by atoms with Crippen LogP contribution in [0.1, 0.15) is 29.0 Å². The predicted molar refractivity (Wildman–Crippen MR) is 421 cm³/mol. The summed E-state index contributed by atoms with van der Waals surface area (Å²) in [6.07, 6.45) is 16.1. The van der Waals surface area contributed by atoms with E-state index in [4.69, 9.17) is 33.9 Å². The smallest absolute Gasteiger partial charge is 0.256 e. The quantitative estimate of drug-likeness (QED) is 0.0490. The van der Waals surface area contributed by atoms with Crippen LogP contribution in [0.15, 0.2) is 195 Å². The Kier molecular flexibility index (Phi) is 22.2. The molecular formula is C81H79F3N22O8. The molecule has 3 amide bonds. The number of nitrogens with one attached hydrogen (secondary N) is 3. The van der Waals surface area contributed by atoms with Crippen molar-refractivity contribution in [1.82, 2.24) is 94.1 Å². The highest BCUT2D eigenvalue weighted by atomic mass is 19.1. The summed E-state index contributed by atoms with van der Waals surface area (Å²) < 4.78 is 65.6. The van der Waals surface area contributed by atoms with Crippen LogP contribution in [-0.2, 0) is 25.5 Å². The predicted octanol–water partition coefficient (Wildman–Crippen LogP) is 9.57. The number of piperazine rings is 3. The maximum absolute atomic E-state index is 13.1. The lowest BCUT2D eigenvalue weighted by Crippen LogP contribution is -2.50. The van der Waals surface area contributed by atoms with Crippen molar-refractivity contribution >= 4 is 84.8 Å². The van der Waals surface area contributed by atoms with Crippen molar-refractivity contribution in [2.24, 2.45) is 0 Å². The van der Waals surface area contributed by atoms with Gasteiger partial charge in [0.1, 0.15) is 74.5 Å². The number of alkyl halides is 3. The van der Waals surface area contributed by atoms with Crippen molar-refractivity contribution in [2.45, 2.75) is 18.6 Å². The molecule has 0 saturated carbocycles. The molecule has 2 aromatic carbocycles. The average molecular weight is 1550 g/mol. The Morgan fingerprint density at radius 3 is 1.18 bits per heavy atom. The van der Waals surface area contributed by atoms with E-state index in [2.05, 4.69) is 65.6 Å². The van der Waals surface area contributed by atoms with Gasteiger partial charge in [0.2, 0.25) is 5.91 Å². The highest BCUT2D eigenvalue weighted by molar-refractivity contribution is 6.03. The summed E-state index contributed by atoms with van der Waals surface area (Å²) >= 11 is 0. The van der Waals surface area contributed by atoms with Crippen LogP contribution in [0.3, 0.4) is 0 Å². The summed E-state index contributed by atoms with van der Waals surface area (Å²) in [5, 5.41) is 47.6. The Morgan fingerprint density at radius 2 is 0.816 bits per heavy atom. The molecule has 582 valence electrons. The third-order valence-electron chi connectivity index (χ3n) is 20.3. The topological polar surface area (TPSA) is 317 Å². The van der Waals surface area contributed by atoms with Gasteiger partial charge in [-0.3, -0.25) is 34.7 Å². The largest absolute Gasteiger partial charge is 0.489 e. The van der Waals surface area contributed by atoms with Crippen LogP contribution in [0.25, 0.3) is 83.0 Å². The number of amides is 3. The van der Waals surface area contributed by atoms with Gasteiger partial charge in [-0.1, -0.05) is 66.7 Å². The monoisotopic (exact) mass is 1540 g/mol. The zero-order valence-corrected chi connectivity index (χ0v) is 62.0. The first-order valence-corrected chi connectivity index (χ1v) is 37.3. The highest BCUT2D eigenvalue weighted by Gasteiger charge is 2.32. The van der Waals surface area contributed by atoms with Crippen LogP contribution in [0.5, 0.6) is 17.2 Å². The first kappa shape index (κ1) is 74.5. The number of benzene rings is 2. The second-order valence-corrected chi connectivity index (χ2v) is 27.2. The van der Waals surface area contributed by atoms with E-state index in [1.165, 1.54) is 0 Å². The average Bonchev–Trinajstić information content (AvgIpc) is 1.61. The maximum Gasteiger partial charge on any atom is 0.256 e. The van der Waals surface area contributed by atoms with E-state index >= 15 is 0 Å². The molecule has 3 aliphatic heterocycles. The molecule has 18 rings (SSSR count). The number of aliphatic hydroxyl groups is 1. The van der Waals surface area contributed by atoms with E-state index in [1.807, 2.05) is 144 Å². The molecule has 15 aromatic rings. The molecule has 0 unspecified atom stereocenters. The Labute approximate surface area is 649 Å². The normalized spacial score (nSPS) is 14.5. The molecule has 114 heavy (non-hydrogen) atoms. The summed E-state index contributed by atoms with van der Waals surface area (Å²) in [4.78, 5) is 68.9. The van der Waals surface area contributed by atoms with Crippen LogP contribution < -0.4 is 28.9 Å². The molecule has 3 fully saturated rings. The van der Waals surface area contributed by atoms with Crippen molar-refractivity contribution in [1.29, 1.82) is 0 Å². The van der Waals surface area contributed by atoms with Gasteiger partial charge >= 0.3 is 0 Å². The van der Waals surface area contributed by atoms with Crippen LogP contribution in [0.4, 0.5) is 30.6 Å². The molecule has 16 heterocycles. The molecule has 13 aromatic heterocycles. The van der Waals surface area contributed by atoms with Crippen molar-refractivity contribution in [3.8, 4) is 50.6 Å². The minimum Gasteiger partial charge on any atom is -0.489 e. The molecule has 0 aliphatic carbocycles. The number of rotatable bonds is 22. The summed E-state index contributed by atoms with van der Waals surface area (Å²) in [6.45, 7) is 5.53. The number of nitrogens with zero attached hydrogens (tertiary/aromatic N) is 19. The van der Waals surface area contributed by atoms with Crippen LogP contribution in [-0.4, -0.2) is 242 Å². The van der Waals surface area contributed by atoms with Gasteiger partial charge in [0.25, 0.3) is 11.8 Å². The lowest BCUT2D eigenvalue weighted by molar-refractivity contribution is -0.143. The molecule has 30 nitrogen and oxygen atoms in total. The molecule has 3 aliphatic rings. The number of H-pyrrole nitrogens is 3. The number of carbonyl (C=O) groups is 3. The molecule has 33 heteroatoms. The van der Waals surface area contributed by atoms with Crippen LogP contribution >= 0.6 is 0 Å². The molecule has 3 saturated heterocycles. The third kappa shape index (κ3) is 15.9. The minimum atomic E-state index is -1.16. The van der Waals surface area contributed by atoms with E-state index in [-0.39, 0.29) is 37.5 Å². The van der Waals surface area contributed by atoms with Gasteiger partial charge < -0.3 is 53.5 Å². The van der Waals surface area contributed by atoms with Crippen LogP contribution in [0, 0.1) is 0 Å². The second-order valence-electron chi connectivity index (χ2n) is 27.2. The molecule has 2 atom stereocenters. The zero-order valence-electron chi connectivity index (χ0n) is 62.0. The number of carbonyl (C=O) groups excluding carboxylic acids is 3. The van der Waals surface area contributed by atoms with Crippen molar-refractivity contribution < 1.29 is 51.6 Å². The van der Waals surface area contributed by atoms with Crippen molar-refractivity contribution in [2.75, 3.05) is 140 Å². The van der Waals surface area contributed by atoms with E-state index < -0.39 is 32.2 Å². The van der Waals surface area contributed by atoms with Gasteiger partial charge in [0.15, 0.2) is 29.1 Å². The molecule has 0 spiro atoms. The van der Waals surface area contributed by atoms with Gasteiger partial charge in [-0.05, 0) is 77.9 Å². The maximum atomic E-state index is 13.1. The number of aromatic amines is 3. The van der Waals surface area contributed by atoms with Crippen molar-refractivity contribution in [3.05, 3.63) is 212 Å². The number of fused-ring (bicyclic) bond motifs is 9. The Bertz CT molecular complexity index is 5790. The van der Waals surface area contributed by atoms with Crippen LogP contribution in [0.2, 0.25) is 0 Å². The molecule has 0 bridgehead atoms. The number of aromatic nitrogens is 16. The number of halogens is 3. The number of hydrogen-bond donors (Lipinski definition) is 4. The Morgan fingerprint density at radius 1 is 0.439 bits per heavy atom. The Hall–Kier alpha value is -13.6. The summed E-state index contributed by atoms with van der Waals surface area (Å²) in [5.74, 6) is 3.80. The zero-order chi connectivity index (χ0) is 78.0. The number of pyridine rings is 7. The van der Waals surface area contributed by atoms with Gasteiger partial charge in [0.05, 0.1) is 76.3 Å².